The average molecular weight is 286 g/mol. The highest BCUT2D eigenvalue weighted by molar-refractivity contribution is 5.29. The van der Waals surface area contributed by atoms with E-state index in [1.165, 1.54) is 5.56 Å². The third-order valence-corrected chi connectivity index (χ3v) is 3.49. The maximum Gasteiger partial charge on any atom is 0.126 e. The molecule has 0 amide bonds. The first kappa shape index (κ1) is 15.6. The Morgan fingerprint density at radius 3 is 2.52 bits per heavy atom. The Bertz CT molecular complexity index is 576. The number of aromatic nitrogens is 1. The molecule has 0 saturated carbocycles. The minimum atomic E-state index is -0.162. The summed E-state index contributed by atoms with van der Waals surface area (Å²) in [4.78, 5) is 4.41. The molecule has 0 aliphatic rings. The molecule has 0 spiro atoms. The zero-order chi connectivity index (χ0) is 15.2. The molecule has 0 atom stereocenters. The van der Waals surface area contributed by atoms with Crippen LogP contribution in [0.15, 0.2) is 36.5 Å². The van der Waals surface area contributed by atoms with Gasteiger partial charge < -0.3 is 5.32 Å². The molecule has 0 fully saturated rings. The van der Waals surface area contributed by atoms with E-state index in [0.717, 1.165) is 24.2 Å². The van der Waals surface area contributed by atoms with Crippen LogP contribution in [0.1, 0.15) is 43.2 Å². The molecular formula is C18H23FN2. The van der Waals surface area contributed by atoms with Gasteiger partial charge in [0.1, 0.15) is 5.82 Å². The summed E-state index contributed by atoms with van der Waals surface area (Å²) < 4.78 is 14.0. The maximum atomic E-state index is 14.0. The van der Waals surface area contributed by atoms with Gasteiger partial charge in [-0.05, 0) is 35.2 Å². The van der Waals surface area contributed by atoms with Crippen LogP contribution in [0.4, 0.5) is 4.39 Å². The van der Waals surface area contributed by atoms with Crippen LogP contribution in [-0.2, 0) is 19.4 Å². The number of hydrogen-bond acceptors (Lipinski definition) is 2. The van der Waals surface area contributed by atoms with Gasteiger partial charge in [-0.15, -0.1) is 0 Å². The molecule has 21 heavy (non-hydrogen) atoms. The van der Waals surface area contributed by atoms with Crippen LogP contribution < -0.4 is 5.32 Å². The molecule has 1 aromatic heterocycles. The summed E-state index contributed by atoms with van der Waals surface area (Å²) in [6.07, 6.45) is 3.38. The van der Waals surface area contributed by atoms with Gasteiger partial charge in [-0.25, -0.2) is 4.39 Å². The second-order valence-electron chi connectivity index (χ2n) is 5.65. The Morgan fingerprint density at radius 2 is 1.90 bits per heavy atom. The van der Waals surface area contributed by atoms with E-state index in [1.807, 2.05) is 24.4 Å². The van der Waals surface area contributed by atoms with E-state index in [2.05, 4.69) is 37.1 Å². The summed E-state index contributed by atoms with van der Waals surface area (Å²) in [6, 6.07) is 9.78. The standard InChI is InChI=1S/C18H23FN2/c1-4-14-5-7-17(21-11-14)10-16-9-15(6-8-18(16)19)12-20-13(2)3/h5-9,11,13,20H,4,10,12H2,1-3H3. The van der Waals surface area contributed by atoms with E-state index >= 15 is 0 Å². The first-order chi connectivity index (χ1) is 10.1. The van der Waals surface area contributed by atoms with Gasteiger partial charge in [-0.3, -0.25) is 4.98 Å². The Kier molecular flexibility index (Phi) is 5.45. The second kappa shape index (κ2) is 7.32. The summed E-state index contributed by atoms with van der Waals surface area (Å²) >= 11 is 0. The van der Waals surface area contributed by atoms with Crippen molar-refractivity contribution in [3.63, 3.8) is 0 Å². The van der Waals surface area contributed by atoms with Crippen molar-refractivity contribution in [2.75, 3.05) is 0 Å². The predicted molar refractivity (Wildman–Crippen MR) is 84.8 cm³/mol. The van der Waals surface area contributed by atoms with Gasteiger partial charge in [-0.1, -0.05) is 39.0 Å². The summed E-state index contributed by atoms with van der Waals surface area (Å²) in [7, 11) is 0. The third kappa shape index (κ3) is 4.64. The molecule has 1 N–H and O–H groups in total. The van der Waals surface area contributed by atoms with E-state index in [9.17, 15) is 4.39 Å². The summed E-state index contributed by atoms with van der Waals surface area (Å²) in [5, 5.41) is 3.35. The van der Waals surface area contributed by atoms with E-state index in [-0.39, 0.29) is 5.82 Å². The molecule has 1 heterocycles. The van der Waals surface area contributed by atoms with Crippen LogP contribution >= 0.6 is 0 Å². The fourth-order valence-electron chi connectivity index (χ4n) is 2.16. The van der Waals surface area contributed by atoms with Crippen molar-refractivity contribution in [2.45, 2.75) is 46.2 Å². The molecule has 112 valence electrons. The number of aryl methyl sites for hydroxylation is 1. The van der Waals surface area contributed by atoms with Gasteiger partial charge in [0, 0.05) is 30.9 Å². The highest BCUT2D eigenvalue weighted by atomic mass is 19.1. The van der Waals surface area contributed by atoms with Gasteiger partial charge in [0.25, 0.3) is 0 Å². The summed E-state index contributed by atoms with van der Waals surface area (Å²) in [6.45, 7) is 7.06. The van der Waals surface area contributed by atoms with Crippen LogP contribution in [-0.4, -0.2) is 11.0 Å². The lowest BCUT2D eigenvalue weighted by atomic mass is 10.0. The predicted octanol–water partition coefficient (Wildman–Crippen LogP) is 3.87. The molecular weight excluding hydrogens is 263 g/mol. The van der Waals surface area contributed by atoms with Crippen LogP contribution in [0.3, 0.4) is 0 Å². The molecule has 1 aromatic carbocycles. The fraction of sp³-hybridized carbons (Fsp3) is 0.389. The van der Waals surface area contributed by atoms with Crippen LogP contribution in [0.5, 0.6) is 0 Å². The Hall–Kier alpha value is -1.74. The van der Waals surface area contributed by atoms with Crippen molar-refractivity contribution in [3.8, 4) is 0 Å². The summed E-state index contributed by atoms with van der Waals surface area (Å²) in [5.74, 6) is -0.162. The monoisotopic (exact) mass is 286 g/mol. The normalized spacial score (nSPS) is 11.1. The molecule has 2 rings (SSSR count). The van der Waals surface area contributed by atoms with E-state index in [0.29, 0.717) is 18.0 Å². The van der Waals surface area contributed by atoms with E-state index < -0.39 is 0 Å². The quantitative estimate of drug-likeness (QED) is 0.872. The molecule has 0 radical (unpaired) electrons. The number of rotatable bonds is 6. The second-order valence-corrected chi connectivity index (χ2v) is 5.65. The van der Waals surface area contributed by atoms with Crippen LogP contribution in [0.2, 0.25) is 0 Å². The number of pyridine rings is 1. The largest absolute Gasteiger partial charge is 0.310 e. The maximum absolute atomic E-state index is 14.0. The first-order valence-corrected chi connectivity index (χ1v) is 7.53. The molecule has 0 bridgehead atoms. The smallest absolute Gasteiger partial charge is 0.126 e. The first-order valence-electron chi connectivity index (χ1n) is 7.53. The average Bonchev–Trinajstić information content (AvgIpc) is 2.48. The van der Waals surface area contributed by atoms with Gasteiger partial charge in [0.15, 0.2) is 0 Å². The van der Waals surface area contributed by atoms with Crippen molar-refractivity contribution >= 4 is 0 Å². The molecule has 2 aromatic rings. The molecule has 2 nitrogen and oxygen atoms in total. The fourth-order valence-corrected chi connectivity index (χ4v) is 2.16. The van der Waals surface area contributed by atoms with Crippen molar-refractivity contribution in [2.24, 2.45) is 0 Å². The van der Waals surface area contributed by atoms with Gasteiger partial charge >= 0.3 is 0 Å². The number of benzene rings is 1. The molecule has 0 saturated heterocycles. The van der Waals surface area contributed by atoms with Gasteiger partial charge in [-0.2, -0.15) is 0 Å². The molecule has 0 aliphatic carbocycles. The molecule has 0 unspecified atom stereocenters. The van der Waals surface area contributed by atoms with Crippen molar-refractivity contribution < 1.29 is 4.39 Å². The van der Waals surface area contributed by atoms with Crippen LogP contribution in [0, 0.1) is 5.82 Å². The lowest BCUT2D eigenvalue weighted by Gasteiger charge is -2.10. The SMILES string of the molecule is CCc1ccc(Cc2cc(CNC(C)C)ccc2F)nc1. The van der Waals surface area contributed by atoms with Crippen LogP contribution in [0.25, 0.3) is 0 Å². The Labute approximate surface area is 126 Å². The number of halogens is 1. The van der Waals surface area contributed by atoms with Crippen molar-refractivity contribution in [3.05, 3.63) is 64.7 Å². The van der Waals surface area contributed by atoms with Crippen molar-refractivity contribution in [1.29, 1.82) is 0 Å². The Morgan fingerprint density at radius 1 is 1.14 bits per heavy atom. The van der Waals surface area contributed by atoms with E-state index in [4.69, 9.17) is 0 Å². The van der Waals surface area contributed by atoms with Gasteiger partial charge in [0.2, 0.25) is 0 Å². The topological polar surface area (TPSA) is 24.9 Å². The van der Waals surface area contributed by atoms with Gasteiger partial charge in [0.05, 0.1) is 0 Å². The minimum Gasteiger partial charge on any atom is -0.310 e. The molecule has 0 aliphatic heterocycles. The number of nitrogens with one attached hydrogen (secondary N) is 1. The summed E-state index contributed by atoms with van der Waals surface area (Å²) in [5.41, 5.74) is 3.91. The third-order valence-electron chi connectivity index (χ3n) is 3.49. The zero-order valence-corrected chi connectivity index (χ0v) is 13.0. The number of hydrogen-bond donors (Lipinski definition) is 1. The molecule has 3 heteroatoms. The number of nitrogens with zero attached hydrogens (tertiary/aromatic N) is 1. The highest BCUT2D eigenvalue weighted by Gasteiger charge is 2.06. The van der Waals surface area contributed by atoms with E-state index in [1.54, 1.807) is 6.07 Å². The lowest BCUT2D eigenvalue weighted by Crippen LogP contribution is -2.21. The zero-order valence-electron chi connectivity index (χ0n) is 13.0. The lowest BCUT2D eigenvalue weighted by molar-refractivity contribution is 0.583. The highest BCUT2D eigenvalue weighted by Crippen LogP contribution is 2.15. The van der Waals surface area contributed by atoms with Crippen molar-refractivity contribution in [1.82, 2.24) is 10.3 Å². The Balaban J connectivity index is 2.12. The minimum absolute atomic E-state index is 0.162.